The SMILES string of the molecule is CC1CN(C(N)=NCC2(S(C)(=O)=O)CCCC2)CCO1. The third-order valence-electron chi connectivity index (χ3n) is 4.40. The Kier molecular flexibility index (Phi) is 4.59. The summed E-state index contributed by atoms with van der Waals surface area (Å²) in [5.41, 5.74) is 6.02. The van der Waals surface area contributed by atoms with Crippen molar-refractivity contribution in [3.05, 3.63) is 0 Å². The minimum atomic E-state index is -3.11. The average Bonchev–Trinajstić information content (AvgIpc) is 2.85. The second-order valence-electron chi connectivity index (χ2n) is 5.96. The Hall–Kier alpha value is -0.820. The highest BCUT2D eigenvalue weighted by atomic mass is 32.2. The molecular formula is C13H25N3O3S. The number of nitrogens with zero attached hydrogens (tertiary/aromatic N) is 2. The van der Waals surface area contributed by atoms with Crippen LogP contribution in [0.4, 0.5) is 0 Å². The minimum absolute atomic E-state index is 0.132. The van der Waals surface area contributed by atoms with Gasteiger partial charge in [-0.05, 0) is 19.8 Å². The van der Waals surface area contributed by atoms with Crippen molar-refractivity contribution in [2.24, 2.45) is 10.7 Å². The number of hydrogen-bond donors (Lipinski definition) is 1. The highest BCUT2D eigenvalue weighted by Crippen LogP contribution is 2.36. The van der Waals surface area contributed by atoms with Gasteiger partial charge in [-0.15, -0.1) is 0 Å². The molecule has 1 unspecified atom stereocenters. The largest absolute Gasteiger partial charge is 0.375 e. The standard InChI is InChI=1S/C13H25N3O3S/c1-11-9-16(7-8-19-11)12(14)15-10-13(20(2,17)18)5-3-4-6-13/h11H,3-10H2,1-2H3,(H2,14,15). The summed E-state index contributed by atoms with van der Waals surface area (Å²) >= 11 is 0. The van der Waals surface area contributed by atoms with Gasteiger partial charge in [-0.1, -0.05) is 12.8 Å². The molecule has 0 spiro atoms. The van der Waals surface area contributed by atoms with E-state index in [4.69, 9.17) is 10.5 Å². The predicted molar refractivity (Wildman–Crippen MR) is 79.5 cm³/mol. The first-order valence-corrected chi connectivity index (χ1v) is 9.09. The van der Waals surface area contributed by atoms with Crippen LogP contribution in [-0.2, 0) is 14.6 Å². The first kappa shape index (κ1) is 15.6. The van der Waals surface area contributed by atoms with Gasteiger partial charge >= 0.3 is 0 Å². The van der Waals surface area contributed by atoms with Crippen molar-refractivity contribution in [1.29, 1.82) is 0 Å². The summed E-state index contributed by atoms with van der Waals surface area (Å²) in [6, 6.07) is 0. The second kappa shape index (κ2) is 5.89. The van der Waals surface area contributed by atoms with Gasteiger partial charge in [0.2, 0.25) is 0 Å². The fourth-order valence-electron chi connectivity index (χ4n) is 3.02. The van der Waals surface area contributed by atoms with Crippen molar-refractivity contribution in [1.82, 2.24) is 4.90 Å². The van der Waals surface area contributed by atoms with Crippen LogP contribution in [0.2, 0.25) is 0 Å². The lowest BCUT2D eigenvalue weighted by atomic mass is 10.1. The van der Waals surface area contributed by atoms with Crippen LogP contribution < -0.4 is 5.73 Å². The fourth-order valence-corrected chi connectivity index (χ4v) is 4.35. The topological polar surface area (TPSA) is 85.0 Å². The van der Waals surface area contributed by atoms with Gasteiger partial charge in [0.05, 0.1) is 24.0 Å². The van der Waals surface area contributed by atoms with Crippen molar-refractivity contribution in [3.8, 4) is 0 Å². The lowest BCUT2D eigenvalue weighted by molar-refractivity contribution is 0.00528. The molecule has 1 saturated heterocycles. The van der Waals surface area contributed by atoms with E-state index in [-0.39, 0.29) is 12.6 Å². The summed E-state index contributed by atoms with van der Waals surface area (Å²) in [6.07, 6.45) is 4.76. The number of nitrogens with two attached hydrogens (primary N) is 1. The molecule has 2 fully saturated rings. The summed E-state index contributed by atoms with van der Waals surface area (Å²) in [7, 11) is -3.11. The van der Waals surface area contributed by atoms with Crippen molar-refractivity contribution in [2.45, 2.75) is 43.5 Å². The molecule has 1 aliphatic carbocycles. The summed E-state index contributed by atoms with van der Waals surface area (Å²) in [6.45, 7) is 4.33. The van der Waals surface area contributed by atoms with Crippen LogP contribution in [0.5, 0.6) is 0 Å². The zero-order chi connectivity index (χ0) is 14.8. The highest BCUT2D eigenvalue weighted by Gasteiger charge is 2.43. The fraction of sp³-hybridized carbons (Fsp3) is 0.923. The van der Waals surface area contributed by atoms with Gasteiger partial charge in [-0.3, -0.25) is 4.99 Å². The zero-order valence-electron chi connectivity index (χ0n) is 12.3. The quantitative estimate of drug-likeness (QED) is 0.602. The Morgan fingerprint density at radius 3 is 2.65 bits per heavy atom. The van der Waals surface area contributed by atoms with E-state index in [0.717, 1.165) is 12.8 Å². The maximum atomic E-state index is 12.1. The van der Waals surface area contributed by atoms with E-state index >= 15 is 0 Å². The zero-order valence-corrected chi connectivity index (χ0v) is 13.2. The lowest BCUT2D eigenvalue weighted by Gasteiger charge is -2.32. The maximum absolute atomic E-state index is 12.1. The van der Waals surface area contributed by atoms with Gasteiger partial charge in [0.15, 0.2) is 15.8 Å². The van der Waals surface area contributed by atoms with Crippen LogP contribution in [0.3, 0.4) is 0 Å². The van der Waals surface area contributed by atoms with Gasteiger partial charge in [-0.2, -0.15) is 0 Å². The molecule has 20 heavy (non-hydrogen) atoms. The van der Waals surface area contributed by atoms with Gasteiger partial charge < -0.3 is 15.4 Å². The number of ether oxygens (including phenoxy) is 1. The molecule has 0 aromatic rings. The van der Waals surface area contributed by atoms with E-state index in [2.05, 4.69) is 4.99 Å². The molecule has 1 heterocycles. The second-order valence-corrected chi connectivity index (χ2v) is 8.37. The molecule has 0 bridgehead atoms. The van der Waals surface area contributed by atoms with Crippen molar-refractivity contribution < 1.29 is 13.2 Å². The molecule has 0 amide bonds. The van der Waals surface area contributed by atoms with Crippen molar-refractivity contribution in [3.63, 3.8) is 0 Å². The van der Waals surface area contributed by atoms with E-state index in [1.807, 2.05) is 11.8 Å². The third kappa shape index (κ3) is 3.25. The molecule has 2 N–H and O–H groups in total. The normalized spacial score (nSPS) is 27.8. The van der Waals surface area contributed by atoms with Crippen molar-refractivity contribution in [2.75, 3.05) is 32.5 Å². The molecule has 116 valence electrons. The molecule has 2 aliphatic rings. The Balaban J connectivity index is 2.06. The molecular weight excluding hydrogens is 278 g/mol. The molecule has 0 radical (unpaired) electrons. The first-order chi connectivity index (χ1) is 9.34. The molecule has 2 rings (SSSR count). The minimum Gasteiger partial charge on any atom is -0.375 e. The number of sulfone groups is 1. The smallest absolute Gasteiger partial charge is 0.191 e. The van der Waals surface area contributed by atoms with Crippen LogP contribution in [0.15, 0.2) is 4.99 Å². The highest BCUT2D eigenvalue weighted by molar-refractivity contribution is 7.92. The molecule has 7 heteroatoms. The van der Waals surface area contributed by atoms with Crippen LogP contribution in [-0.4, -0.2) is 62.6 Å². The number of rotatable bonds is 3. The Morgan fingerprint density at radius 2 is 2.10 bits per heavy atom. The maximum Gasteiger partial charge on any atom is 0.191 e. The number of hydrogen-bond acceptors (Lipinski definition) is 4. The first-order valence-electron chi connectivity index (χ1n) is 7.20. The lowest BCUT2D eigenvalue weighted by Crippen LogP contribution is -2.48. The monoisotopic (exact) mass is 303 g/mol. The molecule has 0 aromatic carbocycles. The van der Waals surface area contributed by atoms with E-state index in [9.17, 15) is 8.42 Å². The summed E-state index contributed by atoms with van der Waals surface area (Å²) in [4.78, 5) is 6.36. The van der Waals surface area contributed by atoms with Crippen LogP contribution >= 0.6 is 0 Å². The Labute approximate surface area is 121 Å². The number of morpholine rings is 1. The van der Waals surface area contributed by atoms with Gasteiger partial charge in [0.1, 0.15) is 0 Å². The van der Waals surface area contributed by atoms with E-state index in [1.165, 1.54) is 6.26 Å². The van der Waals surface area contributed by atoms with Crippen molar-refractivity contribution >= 4 is 15.8 Å². The molecule has 1 atom stereocenters. The van der Waals surface area contributed by atoms with E-state index < -0.39 is 14.6 Å². The van der Waals surface area contributed by atoms with Gasteiger partial charge in [0.25, 0.3) is 0 Å². The third-order valence-corrected chi connectivity index (χ3v) is 6.51. The van der Waals surface area contributed by atoms with E-state index in [0.29, 0.717) is 38.5 Å². The molecule has 1 saturated carbocycles. The van der Waals surface area contributed by atoms with Gasteiger partial charge in [0, 0.05) is 19.3 Å². The summed E-state index contributed by atoms with van der Waals surface area (Å²) < 4.78 is 28.9. The number of aliphatic imine (C=N–C) groups is 1. The van der Waals surface area contributed by atoms with Crippen LogP contribution in [0, 0.1) is 0 Å². The van der Waals surface area contributed by atoms with Crippen LogP contribution in [0.25, 0.3) is 0 Å². The molecule has 1 aliphatic heterocycles. The average molecular weight is 303 g/mol. The summed E-state index contributed by atoms with van der Waals surface area (Å²) in [5.74, 6) is 0.440. The number of guanidine groups is 1. The Bertz CT molecular complexity index is 469. The van der Waals surface area contributed by atoms with Gasteiger partial charge in [-0.25, -0.2) is 8.42 Å². The van der Waals surface area contributed by atoms with E-state index in [1.54, 1.807) is 0 Å². The summed E-state index contributed by atoms with van der Waals surface area (Å²) in [5, 5.41) is 0. The van der Waals surface area contributed by atoms with Crippen LogP contribution in [0.1, 0.15) is 32.6 Å². The Morgan fingerprint density at radius 1 is 1.45 bits per heavy atom. The molecule has 0 aromatic heterocycles. The molecule has 6 nitrogen and oxygen atoms in total. The predicted octanol–water partition coefficient (Wildman–Crippen LogP) is 0.379.